The predicted octanol–water partition coefficient (Wildman–Crippen LogP) is 2.49. The number of likely N-dealkylation sites (tertiary alicyclic amines) is 1. The van der Waals surface area contributed by atoms with Gasteiger partial charge in [0.25, 0.3) is 0 Å². The van der Waals surface area contributed by atoms with Crippen LogP contribution in [0.3, 0.4) is 0 Å². The number of nitrogens with two attached hydrogens (primary N) is 1. The Balaban J connectivity index is 2.48. The molecular formula is C17H26N2O3. The molecule has 1 aromatic carbocycles. The van der Waals surface area contributed by atoms with Gasteiger partial charge in [-0.2, -0.15) is 0 Å². The summed E-state index contributed by atoms with van der Waals surface area (Å²) in [4.78, 5) is 14.4. The van der Waals surface area contributed by atoms with Gasteiger partial charge in [0.2, 0.25) is 5.91 Å². The van der Waals surface area contributed by atoms with Crippen LogP contribution in [0.25, 0.3) is 0 Å². The Kier molecular flexibility index (Phi) is 4.66. The summed E-state index contributed by atoms with van der Waals surface area (Å²) in [6.45, 7) is 6.12. The third-order valence-electron chi connectivity index (χ3n) is 4.12. The summed E-state index contributed by atoms with van der Waals surface area (Å²) in [6.07, 6.45) is 1.20. The fourth-order valence-electron chi connectivity index (χ4n) is 3.14. The summed E-state index contributed by atoms with van der Waals surface area (Å²) in [5.41, 5.74) is 7.05. The van der Waals surface area contributed by atoms with Crippen molar-refractivity contribution in [3.8, 4) is 11.5 Å². The smallest absolute Gasteiger partial charge is 0.223 e. The first kappa shape index (κ1) is 16.6. The molecule has 1 aromatic rings. The second kappa shape index (κ2) is 6.16. The van der Waals surface area contributed by atoms with Crippen molar-refractivity contribution in [2.24, 2.45) is 5.73 Å². The third-order valence-corrected chi connectivity index (χ3v) is 4.12. The van der Waals surface area contributed by atoms with Gasteiger partial charge < -0.3 is 20.1 Å². The van der Waals surface area contributed by atoms with Gasteiger partial charge in [-0.25, -0.2) is 0 Å². The normalized spacial score (nSPS) is 22.6. The van der Waals surface area contributed by atoms with Crippen molar-refractivity contribution >= 4 is 5.91 Å². The Morgan fingerprint density at radius 1 is 1.18 bits per heavy atom. The van der Waals surface area contributed by atoms with E-state index in [-0.39, 0.29) is 23.5 Å². The lowest BCUT2D eigenvalue weighted by Crippen LogP contribution is -2.56. The van der Waals surface area contributed by atoms with Crippen LogP contribution in [0.1, 0.15) is 45.2 Å². The van der Waals surface area contributed by atoms with Gasteiger partial charge in [-0.05, 0) is 44.9 Å². The maximum atomic E-state index is 12.5. The number of methoxy groups -OCH3 is 2. The van der Waals surface area contributed by atoms with E-state index in [4.69, 9.17) is 15.2 Å². The highest BCUT2D eigenvalue weighted by Gasteiger charge is 2.40. The monoisotopic (exact) mass is 306 g/mol. The maximum absolute atomic E-state index is 12.5. The van der Waals surface area contributed by atoms with Crippen molar-refractivity contribution in [2.45, 2.75) is 51.2 Å². The van der Waals surface area contributed by atoms with Crippen molar-refractivity contribution in [3.05, 3.63) is 23.8 Å². The van der Waals surface area contributed by atoms with E-state index in [1.807, 2.05) is 43.9 Å². The Bertz CT molecular complexity index is 551. The molecule has 1 aliphatic heterocycles. The molecule has 2 rings (SSSR count). The van der Waals surface area contributed by atoms with Crippen molar-refractivity contribution in [1.82, 2.24) is 4.90 Å². The first-order chi connectivity index (χ1) is 10.3. The first-order valence-corrected chi connectivity index (χ1v) is 7.59. The molecule has 0 aromatic heterocycles. The number of hydrogen-bond donors (Lipinski definition) is 1. The summed E-state index contributed by atoms with van der Waals surface area (Å²) in [7, 11) is 3.21. The molecule has 5 nitrogen and oxygen atoms in total. The van der Waals surface area contributed by atoms with Crippen LogP contribution in [0.4, 0.5) is 0 Å². The number of ether oxygens (including phenoxy) is 2. The largest absolute Gasteiger partial charge is 0.493 e. The Hall–Kier alpha value is -1.75. The molecule has 1 fully saturated rings. The molecular weight excluding hydrogens is 280 g/mol. The molecule has 1 amide bonds. The highest BCUT2D eigenvalue weighted by molar-refractivity contribution is 5.78. The van der Waals surface area contributed by atoms with Crippen LogP contribution in [0.5, 0.6) is 11.5 Å². The number of piperidine rings is 1. The number of hydrogen-bond acceptors (Lipinski definition) is 4. The van der Waals surface area contributed by atoms with Crippen molar-refractivity contribution < 1.29 is 14.3 Å². The summed E-state index contributed by atoms with van der Waals surface area (Å²) in [5.74, 6) is 1.47. The molecule has 2 N–H and O–H groups in total. The van der Waals surface area contributed by atoms with Gasteiger partial charge >= 0.3 is 0 Å². The Morgan fingerprint density at radius 3 is 2.36 bits per heavy atom. The van der Waals surface area contributed by atoms with Gasteiger partial charge in [-0.3, -0.25) is 4.79 Å². The standard InChI is InChI=1S/C17H26N2O3/c1-17(2,3)19-15(20)9-7-12(18)16(19)11-6-8-13(21-4)14(10-11)22-5/h6,8,10,12,16H,7,9,18H2,1-5H3. The van der Waals surface area contributed by atoms with Crippen LogP contribution in [-0.2, 0) is 4.79 Å². The lowest BCUT2D eigenvalue weighted by molar-refractivity contribution is -0.144. The van der Waals surface area contributed by atoms with Crippen LogP contribution < -0.4 is 15.2 Å². The minimum absolute atomic E-state index is 0.0879. The van der Waals surface area contributed by atoms with Crippen molar-refractivity contribution in [2.75, 3.05) is 14.2 Å². The summed E-state index contributed by atoms with van der Waals surface area (Å²) >= 11 is 0. The number of carbonyl (C=O) groups excluding carboxylic acids is 1. The molecule has 2 unspecified atom stereocenters. The maximum Gasteiger partial charge on any atom is 0.223 e. The van der Waals surface area contributed by atoms with E-state index >= 15 is 0 Å². The number of carbonyl (C=O) groups is 1. The van der Waals surface area contributed by atoms with E-state index in [1.54, 1.807) is 14.2 Å². The van der Waals surface area contributed by atoms with Gasteiger partial charge in [-0.15, -0.1) is 0 Å². The van der Waals surface area contributed by atoms with E-state index in [0.717, 1.165) is 5.56 Å². The van der Waals surface area contributed by atoms with Gasteiger partial charge in [0, 0.05) is 18.0 Å². The second-order valence-electron chi connectivity index (χ2n) is 6.70. The van der Waals surface area contributed by atoms with E-state index in [9.17, 15) is 4.79 Å². The fourth-order valence-corrected chi connectivity index (χ4v) is 3.14. The minimum atomic E-state index is -0.285. The molecule has 1 saturated heterocycles. The van der Waals surface area contributed by atoms with Crippen LogP contribution in [-0.4, -0.2) is 36.6 Å². The minimum Gasteiger partial charge on any atom is -0.493 e. The van der Waals surface area contributed by atoms with Crippen LogP contribution >= 0.6 is 0 Å². The lowest BCUT2D eigenvalue weighted by Gasteiger charge is -2.47. The molecule has 1 heterocycles. The topological polar surface area (TPSA) is 64.8 Å². The lowest BCUT2D eigenvalue weighted by atomic mass is 9.86. The van der Waals surface area contributed by atoms with E-state index < -0.39 is 0 Å². The van der Waals surface area contributed by atoms with Crippen LogP contribution in [0, 0.1) is 0 Å². The first-order valence-electron chi connectivity index (χ1n) is 7.59. The second-order valence-corrected chi connectivity index (χ2v) is 6.70. The average molecular weight is 306 g/mol. The van der Waals surface area contributed by atoms with Gasteiger partial charge in [0.15, 0.2) is 11.5 Å². The average Bonchev–Trinajstić information content (AvgIpc) is 2.47. The molecule has 0 radical (unpaired) electrons. The summed E-state index contributed by atoms with van der Waals surface area (Å²) in [6, 6.07) is 5.50. The van der Waals surface area contributed by atoms with Gasteiger partial charge in [0.05, 0.1) is 20.3 Å². The van der Waals surface area contributed by atoms with Crippen molar-refractivity contribution in [3.63, 3.8) is 0 Å². The zero-order valence-corrected chi connectivity index (χ0v) is 14.1. The third kappa shape index (κ3) is 3.04. The molecule has 122 valence electrons. The predicted molar refractivity (Wildman–Crippen MR) is 86.1 cm³/mol. The van der Waals surface area contributed by atoms with Crippen LogP contribution in [0.15, 0.2) is 18.2 Å². The highest BCUT2D eigenvalue weighted by Crippen LogP contribution is 2.39. The molecule has 5 heteroatoms. The molecule has 0 bridgehead atoms. The van der Waals surface area contributed by atoms with E-state index in [0.29, 0.717) is 24.3 Å². The summed E-state index contributed by atoms with van der Waals surface area (Å²) < 4.78 is 10.7. The molecule has 22 heavy (non-hydrogen) atoms. The van der Waals surface area contributed by atoms with E-state index in [1.165, 1.54) is 0 Å². The SMILES string of the molecule is COc1ccc(C2C(N)CCC(=O)N2C(C)(C)C)cc1OC. The number of amides is 1. The van der Waals surface area contributed by atoms with Gasteiger partial charge in [-0.1, -0.05) is 6.07 Å². The Morgan fingerprint density at radius 2 is 1.82 bits per heavy atom. The molecule has 0 saturated carbocycles. The quantitative estimate of drug-likeness (QED) is 0.932. The number of nitrogens with zero attached hydrogens (tertiary/aromatic N) is 1. The zero-order valence-electron chi connectivity index (χ0n) is 14.1. The number of rotatable bonds is 3. The zero-order chi connectivity index (χ0) is 16.5. The molecule has 1 aliphatic rings. The number of benzene rings is 1. The van der Waals surface area contributed by atoms with Gasteiger partial charge in [0.1, 0.15) is 0 Å². The molecule has 0 aliphatic carbocycles. The van der Waals surface area contributed by atoms with Crippen LogP contribution in [0.2, 0.25) is 0 Å². The van der Waals surface area contributed by atoms with E-state index in [2.05, 4.69) is 0 Å². The Labute approximate surface area is 132 Å². The highest BCUT2D eigenvalue weighted by atomic mass is 16.5. The fraction of sp³-hybridized carbons (Fsp3) is 0.588. The summed E-state index contributed by atoms with van der Waals surface area (Å²) in [5, 5.41) is 0. The molecule has 0 spiro atoms. The molecule has 2 atom stereocenters. The van der Waals surface area contributed by atoms with Crippen molar-refractivity contribution in [1.29, 1.82) is 0 Å².